The number of phenolic OH excluding ortho intramolecular Hbond substituents is 1. The number of benzene rings is 1. The van der Waals surface area contributed by atoms with E-state index in [1.165, 1.54) is 5.56 Å². The number of hydrogen-bond acceptors (Lipinski definition) is 3. The minimum Gasteiger partial charge on any atom is -0.508 e. The Bertz CT molecular complexity index is 611. The Labute approximate surface area is 92.4 Å². The van der Waals surface area contributed by atoms with Gasteiger partial charge in [-0.2, -0.15) is 0 Å². The number of aryl methyl sites for hydroxylation is 2. The van der Waals surface area contributed by atoms with E-state index in [4.69, 9.17) is 5.21 Å². The van der Waals surface area contributed by atoms with Crippen LogP contribution in [-0.2, 0) is 13.5 Å². The van der Waals surface area contributed by atoms with Crippen LogP contribution >= 0.6 is 0 Å². The SMILES string of the molecule is Cn1c2c(c3cc(O)ccc31)CC/C2=N/O. The highest BCUT2D eigenvalue weighted by molar-refractivity contribution is 6.08. The molecule has 4 heteroatoms. The molecule has 0 radical (unpaired) electrons. The highest BCUT2D eigenvalue weighted by atomic mass is 16.4. The van der Waals surface area contributed by atoms with E-state index >= 15 is 0 Å². The number of oxime groups is 1. The molecule has 16 heavy (non-hydrogen) atoms. The second-order valence-corrected chi connectivity index (χ2v) is 4.13. The number of fused-ring (bicyclic) bond motifs is 3. The fourth-order valence-electron chi connectivity index (χ4n) is 2.59. The number of nitrogens with zero attached hydrogens (tertiary/aromatic N) is 2. The Morgan fingerprint density at radius 1 is 1.31 bits per heavy atom. The molecule has 2 aromatic rings. The number of phenols is 1. The number of aromatic hydroxyl groups is 1. The summed E-state index contributed by atoms with van der Waals surface area (Å²) >= 11 is 0. The van der Waals surface area contributed by atoms with Crippen molar-refractivity contribution < 1.29 is 10.3 Å². The summed E-state index contributed by atoms with van der Waals surface area (Å²) in [5, 5.41) is 22.8. The summed E-state index contributed by atoms with van der Waals surface area (Å²) < 4.78 is 2.02. The van der Waals surface area contributed by atoms with Crippen molar-refractivity contribution >= 4 is 16.6 Å². The zero-order chi connectivity index (χ0) is 11.3. The molecule has 82 valence electrons. The average Bonchev–Trinajstić information content (AvgIpc) is 2.80. The van der Waals surface area contributed by atoms with Gasteiger partial charge < -0.3 is 14.9 Å². The summed E-state index contributed by atoms with van der Waals surface area (Å²) in [6.45, 7) is 0. The monoisotopic (exact) mass is 216 g/mol. The van der Waals surface area contributed by atoms with Crippen LogP contribution < -0.4 is 0 Å². The molecule has 1 aliphatic carbocycles. The molecule has 3 rings (SSSR count). The highest BCUT2D eigenvalue weighted by Crippen LogP contribution is 2.34. The third-order valence-corrected chi connectivity index (χ3v) is 3.29. The molecule has 1 aromatic carbocycles. The second-order valence-electron chi connectivity index (χ2n) is 4.13. The maximum atomic E-state index is 9.50. The Kier molecular flexibility index (Phi) is 1.74. The van der Waals surface area contributed by atoms with Crippen LogP contribution in [0, 0.1) is 0 Å². The zero-order valence-electron chi connectivity index (χ0n) is 8.94. The van der Waals surface area contributed by atoms with Crippen LogP contribution in [0.25, 0.3) is 10.9 Å². The first-order valence-electron chi connectivity index (χ1n) is 5.24. The van der Waals surface area contributed by atoms with Crippen LogP contribution in [0.15, 0.2) is 23.4 Å². The van der Waals surface area contributed by atoms with Crippen LogP contribution in [0.2, 0.25) is 0 Å². The van der Waals surface area contributed by atoms with Gasteiger partial charge in [-0.15, -0.1) is 0 Å². The maximum Gasteiger partial charge on any atom is 0.116 e. The average molecular weight is 216 g/mol. The molecule has 0 spiro atoms. The maximum absolute atomic E-state index is 9.50. The molecule has 4 nitrogen and oxygen atoms in total. The Hall–Kier alpha value is -1.97. The molecule has 0 bridgehead atoms. The zero-order valence-corrected chi connectivity index (χ0v) is 8.94. The standard InChI is InChI=1S/C12H12N2O2/c1-14-11-5-2-7(15)6-9(11)8-3-4-10(13-16)12(8)14/h2,5-6,15-16H,3-4H2,1H3/b13-10-. The molecule has 0 saturated heterocycles. The molecule has 1 aliphatic rings. The number of hydrogen-bond donors (Lipinski definition) is 2. The van der Waals surface area contributed by atoms with Gasteiger partial charge in [0.1, 0.15) is 11.5 Å². The van der Waals surface area contributed by atoms with E-state index in [0.717, 1.165) is 35.2 Å². The molecule has 0 atom stereocenters. The van der Waals surface area contributed by atoms with Crippen molar-refractivity contribution in [3.63, 3.8) is 0 Å². The van der Waals surface area contributed by atoms with Gasteiger partial charge in [0.05, 0.1) is 5.69 Å². The summed E-state index contributed by atoms with van der Waals surface area (Å²) in [5.41, 5.74) is 3.95. The van der Waals surface area contributed by atoms with Crippen LogP contribution in [0.4, 0.5) is 0 Å². The summed E-state index contributed by atoms with van der Waals surface area (Å²) in [6.07, 6.45) is 1.64. The van der Waals surface area contributed by atoms with Crippen molar-refractivity contribution in [1.29, 1.82) is 0 Å². The predicted octanol–water partition coefficient (Wildman–Crippen LogP) is 2.01. The third kappa shape index (κ3) is 1.01. The normalized spacial score (nSPS) is 17.2. The fourth-order valence-corrected chi connectivity index (χ4v) is 2.59. The van der Waals surface area contributed by atoms with Crippen molar-refractivity contribution in [2.45, 2.75) is 12.8 Å². The van der Waals surface area contributed by atoms with E-state index in [2.05, 4.69) is 5.16 Å². The van der Waals surface area contributed by atoms with Gasteiger partial charge in [0.2, 0.25) is 0 Å². The van der Waals surface area contributed by atoms with E-state index < -0.39 is 0 Å². The van der Waals surface area contributed by atoms with Gasteiger partial charge in [-0.05, 0) is 36.6 Å². The summed E-state index contributed by atoms with van der Waals surface area (Å²) in [7, 11) is 1.95. The fraction of sp³-hybridized carbons (Fsp3) is 0.250. The van der Waals surface area contributed by atoms with Crippen LogP contribution in [-0.4, -0.2) is 20.6 Å². The summed E-state index contributed by atoms with van der Waals surface area (Å²) in [6, 6.07) is 5.33. The molecule has 0 unspecified atom stereocenters. The van der Waals surface area contributed by atoms with Crippen LogP contribution in [0.1, 0.15) is 17.7 Å². The topological polar surface area (TPSA) is 57.8 Å². The van der Waals surface area contributed by atoms with E-state index in [1.807, 2.05) is 17.7 Å². The lowest BCUT2D eigenvalue weighted by atomic mass is 10.1. The van der Waals surface area contributed by atoms with Crippen LogP contribution in [0.5, 0.6) is 5.75 Å². The van der Waals surface area contributed by atoms with Crippen molar-refractivity contribution in [2.75, 3.05) is 0 Å². The molecule has 1 heterocycles. The molecule has 0 saturated carbocycles. The van der Waals surface area contributed by atoms with Crippen molar-refractivity contribution in [3.05, 3.63) is 29.5 Å². The minimum atomic E-state index is 0.273. The third-order valence-electron chi connectivity index (χ3n) is 3.29. The van der Waals surface area contributed by atoms with Crippen molar-refractivity contribution in [3.8, 4) is 5.75 Å². The van der Waals surface area contributed by atoms with Crippen LogP contribution in [0.3, 0.4) is 0 Å². The lowest BCUT2D eigenvalue weighted by molar-refractivity contribution is 0.318. The van der Waals surface area contributed by atoms with E-state index in [0.29, 0.717) is 0 Å². The Morgan fingerprint density at radius 3 is 2.88 bits per heavy atom. The molecule has 1 aromatic heterocycles. The quantitative estimate of drug-likeness (QED) is 0.522. The lowest BCUT2D eigenvalue weighted by Gasteiger charge is -2.01. The minimum absolute atomic E-state index is 0.273. The molecular weight excluding hydrogens is 204 g/mol. The van der Waals surface area contributed by atoms with E-state index in [1.54, 1.807) is 12.1 Å². The Balaban J connectivity index is 2.43. The summed E-state index contributed by atoms with van der Waals surface area (Å²) in [4.78, 5) is 0. The number of aromatic nitrogens is 1. The van der Waals surface area contributed by atoms with Crippen molar-refractivity contribution in [2.24, 2.45) is 12.2 Å². The predicted molar refractivity (Wildman–Crippen MR) is 61.2 cm³/mol. The molecule has 0 fully saturated rings. The molecule has 0 aliphatic heterocycles. The smallest absolute Gasteiger partial charge is 0.116 e. The van der Waals surface area contributed by atoms with E-state index in [9.17, 15) is 5.11 Å². The molecular formula is C12H12N2O2. The van der Waals surface area contributed by atoms with Gasteiger partial charge in [-0.1, -0.05) is 5.16 Å². The molecule has 0 amide bonds. The lowest BCUT2D eigenvalue weighted by Crippen LogP contribution is -2.02. The first-order valence-corrected chi connectivity index (χ1v) is 5.24. The summed E-state index contributed by atoms with van der Waals surface area (Å²) in [5.74, 6) is 0.273. The van der Waals surface area contributed by atoms with Gasteiger partial charge in [0, 0.05) is 18.0 Å². The molecule has 2 N–H and O–H groups in total. The van der Waals surface area contributed by atoms with Gasteiger partial charge >= 0.3 is 0 Å². The largest absolute Gasteiger partial charge is 0.508 e. The first-order chi connectivity index (χ1) is 7.72. The van der Waals surface area contributed by atoms with Gasteiger partial charge in [0.15, 0.2) is 0 Å². The Morgan fingerprint density at radius 2 is 2.12 bits per heavy atom. The van der Waals surface area contributed by atoms with E-state index in [-0.39, 0.29) is 5.75 Å². The first kappa shape index (κ1) is 9.27. The van der Waals surface area contributed by atoms with Gasteiger partial charge in [-0.25, -0.2) is 0 Å². The van der Waals surface area contributed by atoms with Gasteiger partial charge in [0.25, 0.3) is 0 Å². The van der Waals surface area contributed by atoms with Gasteiger partial charge in [-0.3, -0.25) is 0 Å². The highest BCUT2D eigenvalue weighted by Gasteiger charge is 2.25. The second kappa shape index (κ2) is 3.01. The van der Waals surface area contributed by atoms with Crippen molar-refractivity contribution in [1.82, 2.24) is 4.57 Å². The number of rotatable bonds is 0.